The molecular weight excluding hydrogens is 272 g/mol. The lowest BCUT2D eigenvalue weighted by molar-refractivity contribution is -0.135. The number of hydrazone groups is 1. The number of rotatable bonds is 3. The first-order valence-corrected chi connectivity index (χ1v) is 6.12. The number of hydrogen-bond donors (Lipinski definition) is 1. The maximum atomic E-state index is 11.8. The predicted octanol–water partition coefficient (Wildman–Crippen LogP) is 0.495. The Bertz CT molecular complexity index is 635. The molecule has 1 aromatic rings. The maximum Gasteiger partial charge on any atom is 0.332 e. The molecule has 0 saturated heterocycles. The van der Waals surface area contributed by atoms with E-state index in [9.17, 15) is 9.59 Å². The van der Waals surface area contributed by atoms with Crippen LogP contribution in [0.25, 0.3) is 0 Å². The normalized spacial score (nSPS) is 16.5. The van der Waals surface area contributed by atoms with Gasteiger partial charge in [0.25, 0.3) is 5.91 Å². The van der Waals surface area contributed by atoms with Crippen molar-refractivity contribution in [2.75, 3.05) is 14.2 Å². The lowest BCUT2D eigenvalue weighted by Crippen LogP contribution is -2.35. The molecule has 21 heavy (non-hydrogen) atoms. The van der Waals surface area contributed by atoms with Crippen LogP contribution in [0.2, 0.25) is 0 Å². The zero-order chi connectivity index (χ0) is 15.2. The van der Waals surface area contributed by atoms with Gasteiger partial charge in [-0.3, -0.25) is 9.69 Å². The van der Waals surface area contributed by atoms with Crippen molar-refractivity contribution >= 4 is 24.1 Å². The molecule has 0 radical (unpaired) electrons. The van der Waals surface area contributed by atoms with E-state index in [0.717, 1.165) is 11.6 Å². The van der Waals surface area contributed by atoms with Gasteiger partial charge in [0.1, 0.15) is 5.70 Å². The maximum absolute atomic E-state index is 11.8. The number of carbonyl (C=O) groups is 2. The first kappa shape index (κ1) is 14.4. The van der Waals surface area contributed by atoms with Gasteiger partial charge in [0.2, 0.25) is 5.96 Å². The van der Waals surface area contributed by atoms with Crippen LogP contribution in [0.15, 0.2) is 52.2 Å². The molecular formula is C14H14N4O3. The Hall–Kier alpha value is -2.96. The molecule has 1 aliphatic rings. The minimum Gasteiger partial charge on any atom is -0.466 e. The van der Waals surface area contributed by atoms with E-state index in [0.29, 0.717) is 0 Å². The summed E-state index contributed by atoms with van der Waals surface area (Å²) in [6.07, 6.45) is 2.64. The Morgan fingerprint density at radius 3 is 2.76 bits per heavy atom. The Kier molecular flexibility index (Phi) is 4.45. The van der Waals surface area contributed by atoms with E-state index in [-0.39, 0.29) is 11.7 Å². The van der Waals surface area contributed by atoms with Gasteiger partial charge in [0.15, 0.2) is 0 Å². The highest BCUT2D eigenvalue weighted by Gasteiger charge is 2.27. The molecule has 7 nitrogen and oxygen atoms in total. The zero-order valence-corrected chi connectivity index (χ0v) is 11.6. The predicted molar refractivity (Wildman–Crippen MR) is 77.5 cm³/mol. The van der Waals surface area contributed by atoms with Crippen LogP contribution in [0.5, 0.6) is 0 Å². The van der Waals surface area contributed by atoms with Crippen molar-refractivity contribution in [1.29, 1.82) is 0 Å². The molecule has 7 heteroatoms. The number of likely N-dealkylation sites (N-methyl/N-ethyl adjacent to an activating group) is 1. The molecule has 0 bridgehead atoms. The summed E-state index contributed by atoms with van der Waals surface area (Å²) in [6, 6.07) is 9.46. The molecule has 0 atom stereocenters. The van der Waals surface area contributed by atoms with E-state index in [1.54, 1.807) is 6.21 Å². The Morgan fingerprint density at radius 1 is 1.38 bits per heavy atom. The number of methoxy groups -OCH3 is 1. The van der Waals surface area contributed by atoms with Crippen molar-refractivity contribution in [3.05, 3.63) is 47.7 Å². The van der Waals surface area contributed by atoms with Crippen LogP contribution in [-0.4, -0.2) is 43.1 Å². The van der Waals surface area contributed by atoms with Gasteiger partial charge in [0.05, 0.1) is 19.4 Å². The number of amides is 1. The lowest BCUT2D eigenvalue weighted by atomic mass is 10.2. The number of hydrogen-bond acceptors (Lipinski definition) is 6. The van der Waals surface area contributed by atoms with E-state index in [1.165, 1.54) is 19.1 Å². The highest BCUT2D eigenvalue weighted by Crippen LogP contribution is 2.11. The van der Waals surface area contributed by atoms with Gasteiger partial charge < -0.3 is 4.74 Å². The van der Waals surface area contributed by atoms with Crippen LogP contribution >= 0.6 is 0 Å². The van der Waals surface area contributed by atoms with Gasteiger partial charge >= 0.3 is 5.97 Å². The summed E-state index contributed by atoms with van der Waals surface area (Å²) >= 11 is 0. The van der Waals surface area contributed by atoms with Crippen LogP contribution in [0.1, 0.15) is 5.56 Å². The molecule has 0 aromatic heterocycles. The summed E-state index contributed by atoms with van der Waals surface area (Å²) in [4.78, 5) is 28.2. The molecule has 0 saturated carbocycles. The summed E-state index contributed by atoms with van der Waals surface area (Å²) in [5, 5.41) is 4.00. The first-order chi connectivity index (χ1) is 10.1. The van der Waals surface area contributed by atoms with E-state index >= 15 is 0 Å². The van der Waals surface area contributed by atoms with Gasteiger partial charge in [-0.15, -0.1) is 0 Å². The third kappa shape index (κ3) is 3.53. The second-order valence-corrected chi connectivity index (χ2v) is 4.13. The standard InChI is InChI=1S/C14H14N4O3/c1-18-13(20)11(8-12(19)21-2)16-14(18)17-15-9-10-6-4-3-5-7-10/h3-9H,1-2H3,(H,16,17)/b11-8+,15-9+. The van der Waals surface area contributed by atoms with Crippen molar-refractivity contribution in [2.45, 2.75) is 0 Å². The van der Waals surface area contributed by atoms with Crippen LogP contribution in [0.4, 0.5) is 0 Å². The van der Waals surface area contributed by atoms with Crippen molar-refractivity contribution in [2.24, 2.45) is 10.1 Å². The zero-order valence-electron chi connectivity index (χ0n) is 11.6. The van der Waals surface area contributed by atoms with Gasteiger partial charge in [-0.2, -0.15) is 5.10 Å². The lowest BCUT2D eigenvalue weighted by Gasteiger charge is -2.09. The second-order valence-electron chi connectivity index (χ2n) is 4.13. The van der Waals surface area contributed by atoms with E-state index in [1.807, 2.05) is 30.3 Å². The van der Waals surface area contributed by atoms with Gasteiger partial charge in [-0.25, -0.2) is 15.2 Å². The fraction of sp³-hybridized carbons (Fsp3) is 0.143. The van der Waals surface area contributed by atoms with Crippen LogP contribution in [0, 0.1) is 0 Å². The van der Waals surface area contributed by atoms with Crippen molar-refractivity contribution < 1.29 is 14.3 Å². The van der Waals surface area contributed by atoms with E-state index in [2.05, 4.69) is 20.3 Å². The van der Waals surface area contributed by atoms with Gasteiger partial charge in [0, 0.05) is 7.05 Å². The Labute approximate surface area is 121 Å². The average Bonchev–Trinajstić information content (AvgIpc) is 2.76. The van der Waals surface area contributed by atoms with Gasteiger partial charge in [-0.1, -0.05) is 30.3 Å². The Balaban J connectivity index is 2.08. The average molecular weight is 286 g/mol. The van der Waals surface area contributed by atoms with Crippen molar-refractivity contribution in [3.8, 4) is 0 Å². The number of esters is 1. The molecule has 108 valence electrons. The van der Waals surface area contributed by atoms with Crippen LogP contribution < -0.4 is 5.43 Å². The Morgan fingerprint density at radius 2 is 2.10 bits per heavy atom. The summed E-state index contributed by atoms with van der Waals surface area (Å²) < 4.78 is 4.46. The SMILES string of the molecule is COC(=O)/C=C1/N=C(N/N=C/c2ccccc2)N(C)C1=O. The molecule has 1 aromatic carbocycles. The molecule has 1 heterocycles. The number of benzene rings is 1. The molecule has 0 spiro atoms. The first-order valence-electron chi connectivity index (χ1n) is 6.12. The van der Waals surface area contributed by atoms with E-state index < -0.39 is 11.9 Å². The third-order valence-corrected chi connectivity index (χ3v) is 2.70. The number of nitrogens with one attached hydrogen (secondary N) is 1. The summed E-state index contributed by atoms with van der Waals surface area (Å²) in [6.45, 7) is 0. The molecule has 0 unspecified atom stereocenters. The van der Waals surface area contributed by atoms with Crippen molar-refractivity contribution in [1.82, 2.24) is 10.3 Å². The molecule has 2 rings (SSSR count). The summed E-state index contributed by atoms with van der Waals surface area (Å²) in [5.41, 5.74) is 3.57. The third-order valence-electron chi connectivity index (χ3n) is 2.70. The van der Waals surface area contributed by atoms with Crippen LogP contribution in [-0.2, 0) is 14.3 Å². The highest BCUT2D eigenvalue weighted by atomic mass is 16.5. The fourth-order valence-electron chi connectivity index (χ4n) is 1.57. The number of ether oxygens (including phenoxy) is 1. The number of aliphatic imine (C=N–C) groups is 1. The van der Waals surface area contributed by atoms with Gasteiger partial charge in [-0.05, 0) is 5.56 Å². The largest absolute Gasteiger partial charge is 0.466 e. The molecule has 1 N–H and O–H groups in total. The second kappa shape index (κ2) is 6.47. The molecule has 0 aliphatic carbocycles. The van der Waals surface area contributed by atoms with Crippen LogP contribution in [0.3, 0.4) is 0 Å². The summed E-state index contributed by atoms with van der Waals surface area (Å²) in [7, 11) is 2.76. The minimum atomic E-state index is -0.635. The quantitative estimate of drug-likeness (QED) is 0.379. The number of nitrogens with zero attached hydrogens (tertiary/aromatic N) is 3. The van der Waals surface area contributed by atoms with Crippen molar-refractivity contribution in [3.63, 3.8) is 0 Å². The molecule has 1 amide bonds. The number of carbonyl (C=O) groups excluding carboxylic acids is 2. The van der Waals surface area contributed by atoms with E-state index in [4.69, 9.17) is 0 Å². The number of guanidine groups is 1. The highest BCUT2D eigenvalue weighted by molar-refractivity contribution is 6.13. The fourth-order valence-corrected chi connectivity index (χ4v) is 1.57. The topological polar surface area (TPSA) is 83.4 Å². The minimum absolute atomic E-state index is 0.00163. The smallest absolute Gasteiger partial charge is 0.332 e. The molecule has 1 aliphatic heterocycles. The monoisotopic (exact) mass is 286 g/mol. The summed E-state index contributed by atoms with van der Waals surface area (Å²) in [5.74, 6) is -0.801. The molecule has 0 fully saturated rings.